The van der Waals surface area contributed by atoms with Crippen molar-refractivity contribution in [1.82, 2.24) is 15.0 Å². The van der Waals surface area contributed by atoms with Gasteiger partial charge in [-0.15, -0.1) is 0 Å². The molecule has 5 heteroatoms. The zero-order valence-corrected chi connectivity index (χ0v) is 14.8. The van der Waals surface area contributed by atoms with Crippen molar-refractivity contribution in [3.8, 4) is 22.5 Å². The summed E-state index contributed by atoms with van der Waals surface area (Å²) in [6.45, 7) is 0. The van der Waals surface area contributed by atoms with Crippen LogP contribution in [0.2, 0.25) is 10.0 Å². The molecule has 0 unspecified atom stereocenters. The van der Waals surface area contributed by atoms with Gasteiger partial charge in [0.15, 0.2) is 0 Å². The first-order valence-electron chi connectivity index (χ1n) is 7.92. The Bertz CT molecular complexity index is 989. The Labute approximate surface area is 155 Å². The summed E-state index contributed by atoms with van der Waals surface area (Å²) < 4.78 is 0. The number of rotatable bonds is 4. The molecule has 25 heavy (non-hydrogen) atoms. The minimum Gasteiger partial charge on any atom is -0.367 e. The zero-order chi connectivity index (χ0) is 17.2. The Morgan fingerprint density at radius 3 is 2.52 bits per heavy atom. The average Bonchev–Trinajstić information content (AvgIpc) is 3.26. The summed E-state index contributed by atoms with van der Waals surface area (Å²) in [6.07, 6.45) is 4.60. The Morgan fingerprint density at radius 2 is 1.80 bits per heavy atom. The first-order valence-corrected chi connectivity index (χ1v) is 8.67. The van der Waals surface area contributed by atoms with Crippen molar-refractivity contribution in [2.75, 3.05) is 0 Å². The molecule has 0 radical (unpaired) electrons. The summed E-state index contributed by atoms with van der Waals surface area (Å²) in [5, 5.41) is 1.21. The van der Waals surface area contributed by atoms with Crippen molar-refractivity contribution < 1.29 is 0 Å². The van der Waals surface area contributed by atoms with E-state index in [2.05, 4.69) is 9.97 Å². The second-order valence-corrected chi connectivity index (χ2v) is 6.64. The molecule has 2 heterocycles. The summed E-state index contributed by atoms with van der Waals surface area (Å²) in [6, 6.07) is 17.6. The summed E-state index contributed by atoms with van der Waals surface area (Å²) >= 11 is 12.5. The molecule has 124 valence electrons. The number of H-pyrrole nitrogens is 2. The Kier molecular flexibility index (Phi) is 4.35. The molecule has 0 bridgehead atoms. The monoisotopic (exact) mass is 367 g/mol. The van der Waals surface area contributed by atoms with E-state index in [1.54, 1.807) is 6.07 Å². The first kappa shape index (κ1) is 16.0. The number of halogens is 2. The first-order chi connectivity index (χ1) is 12.2. The molecule has 3 nitrogen and oxygen atoms in total. The lowest BCUT2D eigenvalue weighted by Crippen LogP contribution is -1.88. The fraction of sp³-hybridized carbons (Fsp3) is 0.0500. The average molecular weight is 368 g/mol. The van der Waals surface area contributed by atoms with Gasteiger partial charge in [-0.1, -0.05) is 53.5 Å². The van der Waals surface area contributed by atoms with E-state index in [-0.39, 0.29) is 0 Å². The van der Waals surface area contributed by atoms with Gasteiger partial charge in [-0.25, -0.2) is 4.98 Å². The van der Waals surface area contributed by atoms with Gasteiger partial charge < -0.3 is 9.97 Å². The summed E-state index contributed by atoms with van der Waals surface area (Å²) in [5.41, 5.74) is 4.88. The number of nitrogens with zero attached hydrogens (tertiary/aromatic N) is 1. The van der Waals surface area contributed by atoms with Gasteiger partial charge in [-0.05, 0) is 29.8 Å². The molecule has 2 aromatic heterocycles. The highest BCUT2D eigenvalue weighted by molar-refractivity contribution is 6.36. The Hall–Kier alpha value is -2.49. The summed E-state index contributed by atoms with van der Waals surface area (Å²) in [4.78, 5) is 11.3. The van der Waals surface area contributed by atoms with Crippen LogP contribution in [-0.2, 0) is 6.42 Å². The quantitative estimate of drug-likeness (QED) is 0.458. The van der Waals surface area contributed by atoms with Crippen LogP contribution in [0.1, 0.15) is 11.4 Å². The van der Waals surface area contributed by atoms with Crippen LogP contribution in [0.25, 0.3) is 22.5 Å². The lowest BCUT2D eigenvalue weighted by molar-refractivity contribution is 1.03. The van der Waals surface area contributed by atoms with Gasteiger partial charge in [0.25, 0.3) is 0 Å². The highest BCUT2D eigenvalue weighted by Crippen LogP contribution is 2.35. The molecule has 0 spiro atoms. The van der Waals surface area contributed by atoms with E-state index in [9.17, 15) is 0 Å². The van der Waals surface area contributed by atoms with Crippen LogP contribution in [-0.4, -0.2) is 15.0 Å². The Balaban J connectivity index is 1.84. The molecule has 0 saturated heterocycles. The lowest BCUT2D eigenvalue weighted by atomic mass is 10.1. The van der Waals surface area contributed by atoms with Gasteiger partial charge in [-0.2, -0.15) is 0 Å². The van der Waals surface area contributed by atoms with Crippen molar-refractivity contribution >= 4 is 23.2 Å². The molecular formula is C20H15Cl2N3. The molecule has 0 amide bonds. The molecule has 2 aromatic carbocycles. The number of nitrogens with one attached hydrogen (secondary N) is 2. The van der Waals surface area contributed by atoms with Gasteiger partial charge in [0, 0.05) is 35.0 Å². The largest absolute Gasteiger partial charge is 0.367 e. The second kappa shape index (κ2) is 6.79. The molecule has 0 saturated carbocycles. The number of aromatic nitrogens is 3. The molecular weight excluding hydrogens is 353 g/mol. The smallest absolute Gasteiger partial charge is 0.111 e. The number of aromatic amines is 2. The molecule has 2 N–H and O–H groups in total. The van der Waals surface area contributed by atoms with E-state index in [0.29, 0.717) is 16.5 Å². The van der Waals surface area contributed by atoms with Crippen molar-refractivity contribution in [2.45, 2.75) is 6.42 Å². The van der Waals surface area contributed by atoms with Crippen LogP contribution in [0.4, 0.5) is 0 Å². The van der Waals surface area contributed by atoms with E-state index in [1.807, 2.05) is 60.9 Å². The number of imidazole rings is 1. The third-order valence-corrected chi connectivity index (χ3v) is 4.58. The fourth-order valence-corrected chi connectivity index (χ4v) is 3.36. The van der Waals surface area contributed by atoms with Gasteiger partial charge in [0.1, 0.15) is 5.82 Å². The summed E-state index contributed by atoms with van der Waals surface area (Å²) in [7, 11) is 0. The molecule has 4 rings (SSSR count). The van der Waals surface area contributed by atoms with Crippen LogP contribution < -0.4 is 0 Å². The molecule has 0 aliphatic carbocycles. The number of hydrogen-bond acceptors (Lipinski definition) is 1. The number of benzene rings is 2. The maximum atomic E-state index is 6.44. The van der Waals surface area contributed by atoms with Crippen LogP contribution >= 0.6 is 23.2 Å². The van der Waals surface area contributed by atoms with Crippen LogP contribution in [0.3, 0.4) is 0 Å². The molecule has 0 aliphatic heterocycles. The predicted molar refractivity (Wildman–Crippen MR) is 103 cm³/mol. The minimum atomic E-state index is 0.599. The van der Waals surface area contributed by atoms with Crippen LogP contribution in [0, 0.1) is 0 Å². The van der Waals surface area contributed by atoms with E-state index >= 15 is 0 Å². The van der Waals surface area contributed by atoms with Gasteiger partial charge in [0.05, 0.1) is 16.4 Å². The Morgan fingerprint density at radius 1 is 0.960 bits per heavy atom. The lowest BCUT2D eigenvalue weighted by Gasteiger charge is -2.06. The van der Waals surface area contributed by atoms with Crippen LogP contribution in [0.15, 0.2) is 67.0 Å². The van der Waals surface area contributed by atoms with Gasteiger partial charge in [-0.3, -0.25) is 0 Å². The zero-order valence-electron chi connectivity index (χ0n) is 13.3. The standard InChI is InChI=1S/C20H15Cl2N3/c21-15-6-7-16(17(22)11-15)20-19(14-4-2-1-3-5-14)24-18(25-20)10-13-8-9-23-12-13/h1-9,11-12,23H,10H2,(H,24,25). The molecule has 0 aliphatic rings. The maximum Gasteiger partial charge on any atom is 0.111 e. The van der Waals surface area contributed by atoms with E-state index in [1.165, 1.54) is 5.56 Å². The molecule has 4 aromatic rings. The minimum absolute atomic E-state index is 0.599. The SMILES string of the molecule is Clc1ccc(-c2[nH]c(Cc3cc[nH]c3)nc2-c2ccccc2)c(Cl)c1. The van der Waals surface area contributed by atoms with E-state index in [4.69, 9.17) is 28.2 Å². The van der Waals surface area contributed by atoms with Crippen molar-refractivity contribution in [3.63, 3.8) is 0 Å². The van der Waals surface area contributed by atoms with Gasteiger partial charge in [0.2, 0.25) is 0 Å². The highest BCUT2D eigenvalue weighted by atomic mass is 35.5. The highest BCUT2D eigenvalue weighted by Gasteiger charge is 2.16. The van der Waals surface area contributed by atoms with Crippen LogP contribution in [0.5, 0.6) is 0 Å². The van der Waals surface area contributed by atoms with Crippen molar-refractivity contribution in [3.05, 3.63) is 88.4 Å². The second-order valence-electron chi connectivity index (χ2n) is 5.79. The fourth-order valence-electron chi connectivity index (χ4n) is 2.86. The molecule has 0 atom stereocenters. The van der Waals surface area contributed by atoms with Gasteiger partial charge >= 0.3 is 0 Å². The van der Waals surface area contributed by atoms with Crippen molar-refractivity contribution in [2.24, 2.45) is 0 Å². The predicted octanol–water partition coefficient (Wildman–Crippen LogP) is 5.97. The van der Waals surface area contributed by atoms with Crippen molar-refractivity contribution in [1.29, 1.82) is 0 Å². The summed E-state index contributed by atoms with van der Waals surface area (Å²) in [5.74, 6) is 0.888. The van der Waals surface area contributed by atoms with E-state index < -0.39 is 0 Å². The third kappa shape index (κ3) is 3.34. The third-order valence-electron chi connectivity index (χ3n) is 4.03. The molecule has 0 fully saturated rings. The van der Waals surface area contributed by atoms with E-state index in [0.717, 1.165) is 28.3 Å². The topological polar surface area (TPSA) is 44.5 Å². The normalized spacial score (nSPS) is 11.0. The number of hydrogen-bond donors (Lipinski definition) is 2. The maximum absolute atomic E-state index is 6.44.